The lowest BCUT2D eigenvalue weighted by Crippen LogP contribution is -2.12. The Morgan fingerprint density at radius 2 is 2.25 bits per heavy atom. The van der Waals surface area contributed by atoms with Crippen LogP contribution in [0.2, 0.25) is 0 Å². The molecule has 1 aliphatic heterocycles. The van der Waals surface area contributed by atoms with E-state index in [1.807, 2.05) is 11.9 Å². The van der Waals surface area contributed by atoms with Crippen LogP contribution >= 0.6 is 0 Å². The van der Waals surface area contributed by atoms with Crippen molar-refractivity contribution in [3.8, 4) is 5.75 Å². The summed E-state index contributed by atoms with van der Waals surface area (Å²) in [5, 5.41) is 10.1. The SMILES string of the molecule is CN1CCc2c1oc1c(O)cccc1c2=O. The molecule has 1 aromatic carbocycles. The van der Waals surface area contributed by atoms with E-state index in [0.717, 1.165) is 6.54 Å². The molecule has 1 aromatic heterocycles. The molecule has 0 atom stereocenters. The van der Waals surface area contributed by atoms with Gasteiger partial charge in [-0.25, -0.2) is 0 Å². The topological polar surface area (TPSA) is 53.7 Å². The quantitative estimate of drug-likeness (QED) is 0.726. The highest BCUT2D eigenvalue weighted by molar-refractivity contribution is 5.84. The molecule has 0 spiro atoms. The number of nitrogens with zero attached hydrogens (tertiary/aromatic N) is 1. The number of aromatic hydroxyl groups is 1. The van der Waals surface area contributed by atoms with E-state index >= 15 is 0 Å². The summed E-state index contributed by atoms with van der Waals surface area (Å²) in [6.07, 6.45) is 0.708. The maximum atomic E-state index is 12.1. The third-order valence-corrected chi connectivity index (χ3v) is 3.01. The smallest absolute Gasteiger partial charge is 0.203 e. The van der Waals surface area contributed by atoms with Crippen molar-refractivity contribution >= 4 is 16.9 Å². The van der Waals surface area contributed by atoms with E-state index in [0.29, 0.717) is 23.3 Å². The van der Waals surface area contributed by atoms with Gasteiger partial charge in [-0.3, -0.25) is 4.79 Å². The first kappa shape index (κ1) is 9.27. The maximum Gasteiger partial charge on any atom is 0.203 e. The molecular weight excluding hydrogens is 206 g/mol. The summed E-state index contributed by atoms with van der Waals surface area (Å²) < 4.78 is 5.60. The molecule has 3 rings (SSSR count). The molecule has 2 heterocycles. The highest BCUT2D eigenvalue weighted by atomic mass is 16.4. The Morgan fingerprint density at radius 3 is 3.06 bits per heavy atom. The van der Waals surface area contributed by atoms with Crippen LogP contribution in [-0.2, 0) is 6.42 Å². The Kier molecular flexibility index (Phi) is 1.74. The zero-order valence-electron chi connectivity index (χ0n) is 8.86. The minimum Gasteiger partial charge on any atom is -0.504 e. The van der Waals surface area contributed by atoms with Crippen LogP contribution in [0.4, 0.5) is 5.88 Å². The fourth-order valence-corrected chi connectivity index (χ4v) is 2.14. The fraction of sp³-hybridized carbons (Fsp3) is 0.250. The van der Waals surface area contributed by atoms with Gasteiger partial charge >= 0.3 is 0 Å². The zero-order valence-corrected chi connectivity index (χ0v) is 8.86. The van der Waals surface area contributed by atoms with Crippen LogP contribution in [0, 0.1) is 0 Å². The molecule has 0 saturated carbocycles. The summed E-state index contributed by atoms with van der Waals surface area (Å²) in [7, 11) is 1.88. The predicted octanol–water partition coefficient (Wildman–Crippen LogP) is 1.49. The van der Waals surface area contributed by atoms with Gasteiger partial charge in [0, 0.05) is 13.6 Å². The van der Waals surface area contributed by atoms with E-state index in [1.54, 1.807) is 12.1 Å². The van der Waals surface area contributed by atoms with Crippen LogP contribution in [0.1, 0.15) is 5.56 Å². The van der Waals surface area contributed by atoms with E-state index in [-0.39, 0.29) is 16.8 Å². The summed E-state index contributed by atoms with van der Waals surface area (Å²) in [6.45, 7) is 0.783. The summed E-state index contributed by atoms with van der Waals surface area (Å²) in [5.41, 5.74) is 0.956. The van der Waals surface area contributed by atoms with Crippen LogP contribution < -0.4 is 10.3 Å². The number of anilines is 1. The highest BCUT2D eigenvalue weighted by Gasteiger charge is 2.24. The summed E-state index contributed by atoms with van der Waals surface area (Å²) in [5.74, 6) is 0.594. The number of likely N-dealkylation sites (N-methyl/N-ethyl adjacent to an activating group) is 1. The molecule has 16 heavy (non-hydrogen) atoms. The fourth-order valence-electron chi connectivity index (χ4n) is 2.14. The molecule has 0 amide bonds. The first-order chi connectivity index (χ1) is 7.68. The minimum absolute atomic E-state index is 0.0118. The second-order valence-corrected chi connectivity index (χ2v) is 4.04. The van der Waals surface area contributed by atoms with Crippen molar-refractivity contribution in [1.82, 2.24) is 0 Å². The molecule has 0 fully saturated rings. The minimum atomic E-state index is -0.0310. The van der Waals surface area contributed by atoms with E-state index in [9.17, 15) is 9.90 Å². The van der Waals surface area contributed by atoms with Gasteiger partial charge in [0.15, 0.2) is 16.8 Å². The predicted molar refractivity (Wildman–Crippen MR) is 61.1 cm³/mol. The van der Waals surface area contributed by atoms with Crippen molar-refractivity contribution in [2.24, 2.45) is 0 Å². The first-order valence-electron chi connectivity index (χ1n) is 5.17. The maximum absolute atomic E-state index is 12.1. The molecule has 2 aromatic rings. The third-order valence-electron chi connectivity index (χ3n) is 3.01. The van der Waals surface area contributed by atoms with Crippen LogP contribution in [0.3, 0.4) is 0 Å². The Balaban J connectivity index is 2.49. The molecule has 0 radical (unpaired) electrons. The molecule has 4 heteroatoms. The van der Waals surface area contributed by atoms with Crippen LogP contribution in [0.5, 0.6) is 5.75 Å². The average molecular weight is 217 g/mol. The number of hydrogen-bond acceptors (Lipinski definition) is 4. The number of rotatable bonds is 0. The number of para-hydroxylation sites is 1. The lowest BCUT2D eigenvalue weighted by molar-refractivity contribution is 0.463. The highest BCUT2D eigenvalue weighted by Crippen LogP contribution is 2.31. The van der Waals surface area contributed by atoms with E-state index in [1.165, 1.54) is 6.07 Å². The van der Waals surface area contributed by atoms with E-state index in [2.05, 4.69) is 0 Å². The second kappa shape index (κ2) is 3.01. The number of fused-ring (bicyclic) bond motifs is 2. The van der Waals surface area contributed by atoms with Gasteiger partial charge in [-0.2, -0.15) is 0 Å². The normalized spacial score (nSPS) is 14.4. The van der Waals surface area contributed by atoms with Gasteiger partial charge in [-0.15, -0.1) is 0 Å². The molecule has 1 aliphatic rings. The molecule has 82 valence electrons. The Morgan fingerprint density at radius 1 is 1.44 bits per heavy atom. The van der Waals surface area contributed by atoms with Gasteiger partial charge in [-0.1, -0.05) is 6.07 Å². The Bertz CT molecular complexity index is 630. The largest absolute Gasteiger partial charge is 0.504 e. The lowest BCUT2D eigenvalue weighted by atomic mass is 10.1. The standard InChI is InChI=1S/C12H11NO3/c1-13-6-5-8-10(15)7-3-2-4-9(14)11(7)16-12(8)13/h2-4,14H,5-6H2,1H3. The Hall–Kier alpha value is -1.97. The van der Waals surface area contributed by atoms with Gasteiger partial charge < -0.3 is 14.4 Å². The number of hydrogen-bond donors (Lipinski definition) is 1. The Labute approximate surface area is 91.7 Å². The van der Waals surface area contributed by atoms with Crippen LogP contribution in [-0.4, -0.2) is 18.7 Å². The summed E-state index contributed by atoms with van der Waals surface area (Å²) >= 11 is 0. The monoisotopic (exact) mass is 217 g/mol. The van der Waals surface area contributed by atoms with E-state index < -0.39 is 0 Å². The van der Waals surface area contributed by atoms with Gasteiger partial charge in [-0.05, 0) is 18.6 Å². The van der Waals surface area contributed by atoms with Crippen LogP contribution in [0.15, 0.2) is 27.4 Å². The van der Waals surface area contributed by atoms with Crippen molar-refractivity contribution in [2.75, 3.05) is 18.5 Å². The van der Waals surface area contributed by atoms with E-state index in [4.69, 9.17) is 4.42 Å². The molecular formula is C12H11NO3. The number of phenolic OH excluding ortho intramolecular Hbond substituents is 1. The van der Waals surface area contributed by atoms with Crippen molar-refractivity contribution in [1.29, 1.82) is 0 Å². The zero-order chi connectivity index (χ0) is 11.3. The van der Waals surface area contributed by atoms with Gasteiger partial charge in [0.1, 0.15) is 0 Å². The summed E-state index contributed by atoms with van der Waals surface area (Å²) in [4.78, 5) is 14.0. The number of phenols is 1. The molecule has 0 aliphatic carbocycles. The van der Waals surface area contributed by atoms with Gasteiger partial charge in [0.25, 0.3) is 0 Å². The van der Waals surface area contributed by atoms with Gasteiger partial charge in [0.2, 0.25) is 5.88 Å². The molecule has 4 nitrogen and oxygen atoms in total. The lowest BCUT2D eigenvalue weighted by Gasteiger charge is -2.10. The van der Waals surface area contributed by atoms with Crippen molar-refractivity contribution in [3.05, 3.63) is 34.0 Å². The van der Waals surface area contributed by atoms with Crippen molar-refractivity contribution < 1.29 is 9.52 Å². The average Bonchev–Trinajstić information content (AvgIpc) is 2.63. The molecule has 0 saturated heterocycles. The van der Waals surface area contributed by atoms with Crippen molar-refractivity contribution in [3.63, 3.8) is 0 Å². The molecule has 0 bridgehead atoms. The number of benzene rings is 1. The van der Waals surface area contributed by atoms with Crippen molar-refractivity contribution in [2.45, 2.75) is 6.42 Å². The van der Waals surface area contributed by atoms with Gasteiger partial charge in [0.05, 0.1) is 10.9 Å². The third kappa shape index (κ3) is 1.07. The summed E-state index contributed by atoms with van der Waals surface area (Å²) in [6, 6.07) is 4.85. The second-order valence-electron chi connectivity index (χ2n) is 4.04. The van der Waals surface area contributed by atoms with Crippen LogP contribution in [0.25, 0.3) is 11.0 Å². The molecule has 0 unspecified atom stereocenters. The molecule has 1 N–H and O–H groups in total. The first-order valence-corrected chi connectivity index (χ1v) is 5.17.